The van der Waals surface area contributed by atoms with Crippen molar-refractivity contribution in [2.75, 3.05) is 33.2 Å². The van der Waals surface area contributed by atoms with Gasteiger partial charge in [-0.25, -0.2) is 4.39 Å². The molecule has 0 atom stereocenters. The monoisotopic (exact) mass is 348 g/mol. The Balaban J connectivity index is 1.62. The van der Waals surface area contributed by atoms with Gasteiger partial charge in [0, 0.05) is 32.7 Å². The van der Waals surface area contributed by atoms with Gasteiger partial charge < -0.3 is 15.5 Å². The first-order valence-corrected chi connectivity index (χ1v) is 9.65. The fourth-order valence-corrected chi connectivity index (χ4v) is 3.26. The van der Waals surface area contributed by atoms with E-state index in [1.807, 2.05) is 13.1 Å². The molecule has 1 aromatic carbocycles. The molecule has 0 radical (unpaired) electrons. The molecule has 140 valence electrons. The maximum Gasteiger partial charge on any atom is 0.191 e. The molecule has 0 aliphatic carbocycles. The van der Waals surface area contributed by atoms with E-state index in [-0.39, 0.29) is 5.82 Å². The summed E-state index contributed by atoms with van der Waals surface area (Å²) in [6, 6.07) is 7.35. The molecule has 1 heterocycles. The maximum atomic E-state index is 13.2. The van der Waals surface area contributed by atoms with Gasteiger partial charge in [0.05, 0.1) is 0 Å². The minimum atomic E-state index is -0.159. The van der Waals surface area contributed by atoms with Crippen LogP contribution in [-0.4, -0.2) is 50.1 Å². The van der Waals surface area contributed by atoms with E-state index in [2.05, 4.69) is 27.4 Å². The smallest absolute Gasteiger partial charge is 0.191 e. The van der Waals surface area contributed by atoms with Crippen molar-refractivity contribution in [1.82, 2.24) is 15.5 Å². The molecule has 1 saturated heterocycles. The molecular formula is C20H33FN4. The van der Waals surface area contributed by atoms with Crippen LogP contribution in [0.4, 0.5) is 4.39 Å². The number of piperidine rings is 1. The van der Waals surface area contributed by atoms with Crippen LogP contribution in [0.2, 0.25) is 0 Å². The molecule has 1 aromatic rings. The summed E-state index contributed by atoms with van der Waals surface area (Å²) in [6.45, 7) is 6.67. The van der Waals surface area contributed by atoms with Gasteiger partial charge in [-0.3, -0.25) is 4.99 Å². The number of rotatable bonds is 8. The van der Waals surface area contributed by atoms with Crippen molar-refractivity contribution in [3.05, 3.63) is 35.6 Å². The van der Waals surface area contributed by atoms with Gasteiger partial charge in [-0.15, -0.1) is 0 Å². The zero-order chi connectivity index (χ0) is 17.9. The van der Waals surface area contributed by atoms with Crippen molar-refractivity contribution < 1.29 is 4.39 Å². The second-order valence-corrected chi connectivity index (χ2v) is 6.85. The summed E-state index contributed by atoms with van der Waals surface area (Å²) in [7, 11) is 1.82. The first kappa shape index (κ1) is 19.7. The molecule has 2 rings (SSSR count). The number of aliphatic imine (C=N–C) groups is 1. The highest BCUT2D eigenvalue weighted by atomic mass is 19.1. The molecule has 4 nitrogen and oxygen atoms in total. The SMILES string of the molecule is CCCCN1CCC(NC(=NC)NCCCc2cccc(F)c2)CC1. The van der Waals surface area contributed by atoms with Gasteiger partial charge in [-0.2, -0.15) is 0 Å². The number of aryl methyl sites for hydroxylation is 1. The predicted molar refractivity (Wildman–Crippen MR) is 104 cm³/mol. The lowest BCUT2D eigenvalue weighted by molar-refractivity contribution is 0.203. The van der Waals surface area contributed by atoms with Crippen molar-refractivity contribution in [2.45, 2.75) is 51.5 Å². The first-order valence-electron chi connectivity index (χ1n) is 9.65. The zero-order valence-electron chi connectivity index (χ0n) is 15.7. The quantitative estimate of drug-likeness (QED) is 0.431. The highest BCUT2D eigenvalue weighted by molar-refractivity contribution is 5.79. The third-order valence-corrected chi connectivity index (χ3v) is 4.80. The molecule has 0 bridgehead atoms. The second-order valence-electron chi connectivity index (χ2n) is 6.85. The Bertz CT molecular complexity index is 524. The Morgan fingerprint density at radius 3 is 2.76 bits per heavy atom. The Morgan fingerprint density at radius 1 is 1.28 bits per heavy atom. The third kappa shape index (κ3) is 7.43. The van der Waals surface area contributed by atoms with Crippen LogP contribution in [0.25, 0.3) is 0 Å². The maximum absolute atomic E-state index is 13.2. The molecule has 1 aliphatic heterocycles. The fourth-order valence-electron chi connectivity index (χ4n) is 3.26. The van der Waals surface area contributed by atoms with E-state index in [0.717, 1.165) is 30.9 Å². The average Bonchev–Trinajstić information content (AvgIpc) is 2.63. The predicted octanol–water partition coefficient (Wildman–Crippen LogP) is 3.19. The number of hydrogen-bond acceptors (Lipinski definition) is 2. The molecule has 0 unspecified atom stereocenters. The van der Waals surface area contributed by atoms with E-state index in [0.29, 0.717) is 6.04 Å². The van der Waals surface area contributed by atoms with Gasteiger partial charge in [-0.1, -0.05) is 25.5 Å². The van der Waals surface area contributed by atoms with E-state index < -0.39 is 0 Å². The summed E-state index contributed by atoms with van der Waals surface area (Å²) in [5.74, 6) is 0.722. The molecule has 0 spiro atoms. The first-order chi connectivity index (χ1) is 12.2. The van der Waals surface area contributed by atoms with Crippen molar-refractivity contribution >= 4 is 5.96 Å². The van der Waals surface area contributed by atoms with Crippen LogP contribution >= 0.6 is 0 Å². The van der Waals surface area contributed by atoms with E-state index in [9.17, 15) is 4.39 Å². The second kappa shape index (κ2) is 11.1. The summed E-state index contributed by atoms with van der Waals surface area (Å²) in [5.41, 5.74) is 1.05. The number of unbranched alkanes of at least 4 members (excludes halogenated alkanes) is 1. The van der Waals surface area contributed by atoms with Gasteiger partial charge in [-0.05, 0) is 56.3 Å². The van der Waals surface area contributed by atoms with E-state index >= 15 is 0 Å². The Kier molecular flexibility index (Phi) is 8.73. The molecule has 2 N–H and O–H groups in total. The largest absolute Gasteiger partial charge is 0.356 e. The lowest BCUT2D eigenvalue weighted by atomic mass is 10.0. The van der Waals surface area contributed by atoms with Gasteiger partial charge in [0.25, 0.3) is 0 Å². The van der Waals surface area contributed by atoms with Gasteiger partial charge in [0.15, 0.2) is 5.96 Å². The minimum absolute atomic E-state index is 0.159. The zero-order valence-corrected chi connectivity index (χ0v) is 15.7. The Morgan fingerprint density at radius 2 is 2.08 bits per heavy atom. The van der Waals surface area contributed by atoms with Crippen molar-refractivity contribution in [2.24, 2.45) is 4.99 Å². The van der Waals surface area contributed by atoms with Crippen LogP contribution in [0.1, 0.15) is 44.6 Å². The summed E-state index contributed by atoms with van der Waals surface area (Å²) < 4.78 is 13.2. The summed E-state index contributed by atoms with van der Waals surface area (Å²) in [4.78, 5) is 6.90. The highest BCUT2D eigenvalue weighted by Gasteiger charge is 2.19. The molecular weight excluding hydrogens is 315 g/mol. The number of guanidine groups is 1. The summed E-state index contributed by atoms with van der Waals surface area (Å²) in [5, 5.41) is 6.92. The van der Waals surface area contributed by atoms with E-state index in [1.165, 1.54) is 51.4 Å². The summed E-state index contributed by atoms with van der Waals surface area (Å²) in [6.07, 6.45) is 6.75. The van der Waals surface area contributed by atoms with Crippen LogP contribution in [0, 0.1) is 5.82 Å². The lowest BCUT2D eigenvalue weighted by Gasteiger charge is -2.33. The normalized spacial score (nSPS) is 16.8. The molecule has 0 saturated carbocycles. The van der Waals surface area contributed by atoms with E-state index in [1.54, 1.807) is 12.1 Å². The fraction of sp³-hybridized carbons (Fsp3) is 0.650. The molecule has 0 aromatic heterocycles. The van der Waals surface area contributed by atoms with Gasteiger partial charge >= 0.3 is 0 Å². The summed E-state index contributed by atoms with van der Waals surface area (Å²) >= 11 is 0. The topological polar surface area (TPSA) is 39.7 Å². The van der Waals surface area contributed by atoms with E-state index in [4.69, 9.17) is 0 Å². The van der Waals surface area contributed by atoms with Crippen LogP contribution in [0.15, 0.2) is 29.3 Å². The molecule has 1 fully saturated rings. The molecule has 0 amide bonds. The Hall–Kier alpha value is -1.62. The van der Waals surface area contributed by atoms with Crippen molar-refractivity contribution in [1.29, 1.82) is 0 Å². The van der Waals surface area contributed by atoms with Crippen LogP contribution in [0.5, 0.6) is 0 Å². The van der Waals surface area contributed by atoms with Crippen LogP contribution < -0.4 is 10.6 Å². The van der Waals surface area contributed by atoms with Crippen LogP contribution in [0.3, 0.4) is 0 Å². The lowest BCUT2D eigenvalue weighted by Crippen LogP contribution is -2.48. The Labute approximate surface area is 151 Å². The van der Waals surface area contributed by atoms with Gasteiger partial charge in [0.2, 0.25) is 0 Å². The number of hydrogen-bond donors (Lipinski definition) is 2. The average molecular weight is 349 g/mol. The number of likely N-dealkylation sites (tertiary alicyclic amines) is 1. The third-order valence-electron chi connectivity index (χ3n) is 4.80. The molecule has 25 heavy (non-hydrogen) atoms. The number of halogens is 1. The standard InChI is InChI=1S/C20H33FN4/c1-3-4-13-25-14-10-19(11-15-25)24-20(22-2)23-12-6-8-17-7-5-9-18(21)16-17/h5,7,9,16,19H,3-4,6,8,10-15H2,1-2H3,(H2,22,23,24). The van der Waals surface area contributed by atoms with Crippen molar-refractivity contribution in [3.8, 4) is 0 Å². The van der Waals surface area contributed by atoms with Crippen molar-refractivity contribution in [3.63, 3.8) is 0 Å². The highest BCUT2D eigenvalue weighted by Crippen LogP contribution is 2.11. The number of nitrogens with zero attached hydrogens (tertiary/aromatic N) is 2. The minimum Gasteiger partial charge on any atom is -0.356 e. The molecule has 5 heteroatoms. The molecule has 1 aliphatic rings. The van der Waals surface area contributed by atoms with Crippen LogP contribution in [-0.2, 0) is 6.42 Å². The van der Waals surface area contributed by atoms with Gasteiger partial charge in [0.1, 0.15) is 5.82 Å². The number of benzene rings is 1. The number of nitrogens with one attached hydrogen (secondary N) is 2.